The molecule has 0 spiro atoms. The van der Waals surface area contributed by atoms with E-state index in [9.17, 15) is 0 Å². The Kier molecular flexibility index (Phi) is 4.35. The number of rotatable bonds is 2. The third kappa shape index (κ3) is 3.14. The van der Waals surface area contributed by atoms with Gasteiger partial charge in [0.2, 0.25) is 0 Å². The number of hydrogen-bond donors (Lipinski definition) is 1. The fourth-order valence-corrected chi connectivity index (χ4v) is 5.85. The van der Waals surface area contributed by atoms with Gasteiger partial charge in [0.1, 0.15) is 5.76 Å². The molecule has 0 amide bonds. The molecule has 176 valence electrons. The number of aromatic nitrogens is 1. The van der Waals surface area contributed by atoms with E-state index in [1.807, 2.05) is 0 Å². The second-order valence-corrected chi connectivity index (χ2v) is 9.79. The maximum absolute atomic E-state index is 6.48. The second kappa shape index (κ2) is 7.87. The van der Waals surface area contributed by atoms with E-state index >= 15 is 0 Å². The van der Waals surface area contributed by atoms with Gasteiger partial charge in [-0.2, -0.15) is 0 Å². The van der Waals surface area contributed by atoms with E-state index < -0.39 is 0 Å². The van der Waals surface area contributed by atoms with Crippen LogP contribution >= 0.6 is 0 Å². The molecule has 2 heterocycles. The lowest BCUT2D eigenvalue weighted by atomic mass is 9.99. The van der Waals surface area contributed by atoms with Crippen LogP contribution in [0.3, 0.4) is 0 Å². The van der Waals surface area contributed by atoms with Gasteiger partial charge in [-0.05, 0) is 77.2 Å². The van der Waals surface area contributed by atoms with Crippen molar-refractivity contribution < 1.29 is 4.74 Å². The Balaban J connectivity index is 1.27. The molecule has 1 aliphatic heterocycles. The molecule has 1 aliphatic carbocycles. The molecular weight excluding hydrogens is 452 g/mol. The lowest BCUT2D eigenvalue weighted by molar-refractivity contribution is 0.417. The number of hydrogen-bond acceptors (Lipinski definition) is 2. The first-order chi connectivity index (χ1) is 18.3. The van der Waals surface area contributed by atoms with Crippen LogP contribution in [0.1, 0.15) is 12.8 Å². The van der Waals surface area contributed by atoms with Gasteiger partial charge in [0, 0.05) is 27.5 Å². The monoisotopic (exact) mass is 476 g/mol. The zero-order valence-corrected chi connectivity index (χ0v) is 20.2. The van der Waals surface area contributed by atoms with Crippen molar-refractivity contribution in [2.75, 3.05) is 4.90 Å². The van der Waals surface area contributed by atoms with Crippen LogP contribution in [0.2, 0.25) is 0 Å². The standard InChI is InChI=1S/C34H24N2O/c1-2-9-25(10-3-1)36-30-12-6-7-13-32(30)37-33-21-24(16-19-31(33)36)23-14-17-27-29(20-23)35-28-18-15-22-8-4-5-11-26(22)34(27)28/h1-5,8-21,35H,6-7H2. The summed E-state index contributed by atoms with van der Waals surface area (Å²) in [5, 5.41) is 5.09. The fraction of sp³-hybridized carbons (Fsp3) is 0.0588. The number of para-hydroxylation sites is 1. The van der Waals surface area contributed by atoms with Crippen LogP contribution in [-0.4, -0.2) is 4.98 Å². The Hall–Kier alpha value is -4.76. The summed E-state index contributed by atoms with van der Waals surface area (Å²) < 4.78 is 6.48. The largest absolute Gasteiger partial charge is 0.453 e. The van der Waals surface area contributed by atoms with Crippen molar-refractivity contribution in [2.45, 2.75) is 12.8 Å². The van der Waals surface area contributed by atoms with Crippen LogP contribution in [0.25, 0.3) is 43.7 Å². The number of benzene rings is 5. The molecule has 0 bridgehead atoms. The molecule has 1 N–H and O–H groups in total. The van der Waals surface area contributed by atoms with Crippen molar-refractivity contribution in [3.8, 4) is 16.9 Å². The molecule has 0 fully saturated rings. The maximum atomic E-state index is 6.48. The SMILES string of the molecule is C1=C2Oc3cc(-c4ccc5c(c4)[nH]c4ccc6ccccc6c45)ccc3N(c3ccccc3)C2=CCC1. The highest BCUT2D eigenvalue weighted by molar-refractivity contribution is 6.20. The summed E-state index contributed by atoms with van der Waals surface area (Å²) in [5.41, 5.74) is 7.96. The van der Waals surface area contributed by atoms with E-state index in [1.165, 1.54) is 32.6 Å². The van der Waals surface area contributed by atoms with Crippen molar-refractivity contribution in [1.82, 2.24) is 4.98 Å². The summed E-state index contributed by atoms with van der Waals surface area (Å²) in [6.45, 7) is 0. The van der Waals surface area contributed by atoms with Crippen molar-refractivity contribution in [2.24, 2.45) is 0 Å². The molecule has 2 aliphatic rings. The number of fused-ring (bicyclic) bond motifs is 7. The van der Waals surface area contributed by atoms with Crippen molar-refractivity contribution in [3.05, 3.63) is 127 Å². The highest BCUT2D eigenvalue weighted by Crippen LogP contribution is 2.47. The topological polar surface area (TPSA) is 28.3 Å². The van der Waals surface area contributed by atoms with Gasteiger partial charge in [0.25, 0.3) is 0 Å². The third-order valence-corrected chi connectivity index (χ3v) is 7.58. The Bertz CT molecular complexity index is 1910. The molecule has 3 nitrogen and oxygen atoms in total. The van der Waals surface area contributed by atoms with Gasteiger partial charge in [-0.15, -0.1) is 0 Å². The zero-order valence-electron chi connectivity index (χ0n) is 20.2. The van der Waals surface area contributed by atoms with E-state index in [0.717, 1.165) is 52.5 Å². The first-order valence-electron chi connectivity index (χ1n) is 12.8. The van der Waals surface area contributed by atoms with Crippen LogP contribution in [-0.2, 0) is 0 Å². The van der Waals surface area contributed by atoms with Gasteiger partial charge >= 0.3 is 0 Å². The van der Waals surface area contributed by atoms with Gasteiger partial charge in [-0.3, -0.25) is 0 Å². The first kappa shape index (κ1) is 20.4. The number of ether oxygens (including phenoxy) is 1. The number of aromatic amines is 1. The quantitative estimate of drug-likeness (QED) is 0.270. The minimum absolute atomic E-state index is 0.884. The minimum Gasteiger partial charge on any atom is -0.453 e. The van der Waals surface area contributed by atoms with Crippen molar-refractivity contribution in [1.29, 1.82) is 0 Å². The maximum Gasteiger partial charge on any atom is 0.152 e. The van der Waals surface area contributed by atoms with Gasteiger partial charge in [-0.25, -0.2) is 0 Å². The predicted octanol–water partition coefficient (Wildman–Crippen LogP) is 9.23. The van der Waals surface area contributed by atoms with Gasteiger partial charge < -0.3 is 14.6 Å². The predicted molar refractivity (Wildman–Crippen MR) is 153 cm³/mol. The van der Waals surface area contributed by atoms with E-state index in [2.05, 4.69) is 125 Å². The van der Waals surface area contributed by atoms with E-state index in [0.29, 0.717) is 0 Å². The van der Waals surface area contributed by atoms with Crippen LogP contribution in [0.4, 0.5) is 11.4 Å². The number of anilines is 2. The van der Waals surface area contributed by atoms with Gasteiger partial charge in [-0.1, -0.05) is 72.8 Å². The molecule has 5 aromatic carbocycles. The molecule has 0 saturated heterocycles. The Morgan fingerprint density at radius 1 is 0.649 bits per heavy atom. The highest BCUT2D eigenvalue weighted by Gasteiger charge is 2.29. The Morgan fingerprint density at radius 2 is 1.46 bits per heavy atom. The molecular formula is C34H24N2O. The first-order valence-corrected chi connectivity index (χ1v) is 12.8. The average Bonchev–Trinajstić information content (AvgIpc) is 3.34. The van der Waals surface area contributed by atoms with E-state index in [1.54, 1.807) is 0 Å². The number of nitrogens with zero attached hydrogens (tertiary/aromatic N) is 1. The molecule has 0 saturated carbocycles. The third-order valence-electron chi connectivity index (χ3n) is 7.58. The van der Waals surface area contributed by atoms with E-state index in [-0.39, 0.29) is 0 Å². The summed E-state index contributed by atoms with van der Waals surface area (Å²) in [7, 11) is 0. The van der Waals surface area contributed by atoms with Crippen LogP contribution in [0.15, 0.2) is 127 Å². The molecule has 37 heavy (non-hydrogen) atoms. The van der Waals surface area contributed by atoms with Gasteiger partial charge in [0.05, 0.1) is 11.4 Å². The molecule has 6 aromatic rings. The normalized spacial score (nSPS) is 14.8. The molecule has 8 rings (SSSR count). The molecule has 0 atom stereocenters. The lowest BCUT2D eigenvalue weighted by Gasteiger charge is -2.36. The molecule has 1 aromatic heterocycles. The number of nitrogens with one attached hydrogen (secondary N) is 1. The fourth-order valence-electron chi connectivity index (χ4n) is 5.85. The van der Waals surface area contributed by atoms with Crippen molar-refractivity contribution >= 4 is 44.0 Å². The summed E-state index contributed by atoms with van der Waals surface area (Å²) in [6, 6.07) is 36.8. The molecule has 0 unspecified atom stereocenters. The van der Waals surface area contributed by atoms with Crippen LogP contribution in [0, 0.1) is 0 Å². The summed E-state index contributed by atoms with van der Waals surface area (Å²) >= 11 is 0. The smallest absolute Gasteiger partial charge is 0.152 e. The number of H-pyrrole nitrogens is 1. The van der Waals surface area contributed by atoms with Crippen molar-refractivity contribution in [3.63, 3.8) is 0 Å². The summed E-state index contributed by atoms with van der Waals surface area (Å²) in [5.74, 6) is 1.83. The molecule has 3 heteroatoms. The Morgan fingerprint density at radius 3 is 2.41 bits per heavy atom. The van der Waals surface area contributed by atoms with Crippen LogP contribution < -0.4 is 9.64 Å². The Labute approximate surface area is 214 Å². The molecule has 0 radical (unpaired) electrons. The van der Waals surface area contributed by atoms with Crippen LogP contribution in [0.5, 0.6) is 5.75 Å². The lowest BCUT2D eigenvalue weighted by Crippen LogP contribution is -2.26. The minimum atomic E-state index is 0.884. The second-order valence-electron chi connectivity index (χ2n) is 9.79. The summed E-state index contributed by atoms with van der Waals surface area (Å²) in [6.07, 6.45) is 6.52. The average molecular weight is 477 g/mol. The zero-order chi connectivity index (χ0) is 24.3. The number of allylic oxidation sites excluding steroid dienone is 2. The van der Waals surface area contributed by atoms with E-state index in [4.69, 9.17) is 4.74 Å². The summed E-state index contributed by atoms with van der Waals surface area (Å²) in [4.78, 5) is 5.97. The highest BCUT2D eigenvalue weighted by atomic mass is 16.5. The van der Waals surface area contributed by atoms with Gasteiger partial charge in [0.15, 0.2) is 5.75 Å².